The number of hydrogen-bond donors (Lipinski definition) is 0. The van der Waals surface area contributed by atoms with Crippen LogP contribution in [-0.4, -0.2) is 17.6 Å². The summed E-state index contributed by atoms with van der Waals surface area (Å²) in [7, 11) is 0. The molecule has 1 aromatic heterocycles. The van der Waals surface area contributed by atoms with Crippen molar-refractivity contribution in [1.82, 2.24) is 4.98 Å². The predicted octanol–water partition coefficient (Wildman–Crippen LogP) is 4.19. The number of ether oxygens (including phenoxy) is 1. The maximum Gasteiger partial charge on any atom is 0.333 e. The van der Waals surface area contributed by atoms with Crippen molar-refractivity contribution in [1.29, 1.82) is 0 Å². The monoisotopic (exact) mass is 311 g/mol. The van der Waals surface area contributed by atoms with Gasteiger partial charge in [-0.25, -0.2) is 9.18 Å². The first-order valence-electron chi connectivity index (χ1n) is 7.11. The highest BCUT2D eigenvalue weighted by Gasteiger charge is 2.34. The highest BCUT2D eigenvalue weighted by molar-refractivity contribution is 6.31. The van der Waals surface area contributed by atoms with Gasteiger partial charge in [0.05, 0.1) is 23.5 Å². The highest BCUT2D eigenvalue weighted by Crippen LogP contribution is 2.45. The van der Waals surface area contributed by atoms with Crippen molar-refractivity contribution in [2.45, 2.75) is 39.5 Å². The standard InChI is InChI=1S/C16H19ClFNO2/c1-4-21-16(20)9(2)7-12(11-5-6-11)15-10(3)14(17)13(18)8-19-15/h7-8,11-12H,4-6H2,1-3H3. The van der Waals surface area contributed by atoms with Gasteiger partial charge in [0, 0.05) is 11.5 Å². The second-order valence-electron chi connectivity index (χ2n) is 5.36. The highest BCUT2D eigenvalue weighted by atomic mass is 35.5. The Hall–Kier alpha value is -1.42. The third-order valence-electron chi connectivity index (χ3n) is 3.71. The molecule has 0 spiro atoms. The first-order chi connectivity index (χ1) is 9.95. The number of hydrogen-bond acceptors (Lipinski definition) is 3. The minimum Gasteiger partial charge on any atom is -0.463 e. The third kappa shape index (κ3) is 3.62. The van der Waals surface area contributed by atoms with Gasteiger partial charge in [0.1, 0.15) is 0 Å². The molecule has 1 aliphatic carbocycles. The molecule has 0 saturated heterocycles. The van der Waals surface area contributed by atoms with E-state index in [2.05, 4.69) is 4.98 Å². The summed E-state index contributed by atoms with van der Waals surface area (Å²) in [5.74, 6) is -0.429. The molecule has 0 aliphatic heterocycles. The van der Waals surface area contributed by atoms with Gasteiger partial charge in [0.25, 0.3) is 0 Å². The van der Waals surface area contributed by atoms with Crippen molar-refractivity contribution < 1.29 is 13.9 Å². The van der Waals surface area contributed by atoms with Crippen LogP contribution >= 0.6 is 11.6 Å². The maximum absolute atomic E-state index is 13.4. The maximum atomic E-state index is 13.4. The quantitative estimate of drug-likeness (QED) is 0.604. The number of halogens is 2. The van der Waals surface area contributed by atoms with Gasteiger partial charge in [-0.15, -0.1) is 0 Å². The molecule has 0 amide bonds. The molecule has 0 aromatic carbocycles. The molecule has 1 saturated carbocycles. The van der Waals surface area contributed by atoms with Crippen molar-refractivity contribution in [3.05, 3.63) is 39.9 Å². The first kappa shape index (κ1) is 16.0. The lowest BCUT2D eigenvalue weighted by molar-refractivity contribution is -0.138. The number of aromatic nitrogens is 1. The van der Waals surface area contributed by atoms with Crippen LogP contribution in [0.4, 0.5) is 4.39 Å². The fourth-order valence-electron chi connectivity index (χ4n) is 2.38. The number of esters is 1. The zero-order valence-electron chi connectivity index (χ0n) is 12.5. The Labute approximate surface area is 129 Å². The van der Waals surface area contributed by atoms with Gasteiger partial charge in [-0.2, -0.15) is 0 Å². The van der Waals surface area contributed by atoms with E-state index in [1.165, 1.54) is 0 Å². The Morgan fingerprint density at radius 3 is 2.86 bits per heavy atom. The van der Waals surface area contributed by atoms with E-state index in [1.54, 1.807) is 20.8 Å². The summed E-state index contributed by atoms with van der Waals surface area (Å²) < 4.78 is 18.4. The molecule has 114 valence electrons. The van der Waals surface area contributed by atoms with Crippen LogP contribution in [0.15, 0.2) is 17.8 Å². The van der Waals surface area contributed by atoms with Crippen LogP contribution in [0.25, 0.3) is 0 Å². The molecule has 1 aliphatic rings. The molecule has 0 N–H and O–H groups in total. The molecule has 2 rings (SSSR count). The third-order valence-corrected chi connectivity index (χ3v) is 4.18. The van der Waals surface area contributed by atoms with Crippen LogP contribution in [0.5, 0.6) is 0 Å². The number of pyridine rings is 1. The minimum atomic E-state index is -0.515. The van der Waals surface area contributed by atoms with Gasteiger partial charge in [-0.05, 0) is 45.1 Å². The lowest BCUT2D eigenvalue weighted by atomic mass is 9.93. The molecular formula is C16H19ClFNO2. The summed E-state index contributed by atoms with van der Waals surface area (Å²) in [6, 6.07) is 0. The largest absolute Gasteiger partial charge is 0.463 e. The molecule has 1 heterocycles. The van der Waals surface area contributed by atoms with Crippen LogP contribution in [0, 0.1) is 18.7 Å². The van der Waals surface area contributed by atoms with Crippen molar-refractivity contribution in [3.8, 4) is 0 Å². The number of carbonyl (C=O) groups excluding carboxylic acids is 1. The second-order valence-corrected chi connectivity index (χ2v) is 5.74. The van der Waals surface area contributed by atoms with E-state index in [0.29, 0.717) is 23.7 Å². The number of rotatable bonds is 5. The van der Waals surface area contributed by atoms with Crippen molar-refractivity contribution in [3.63, 3.8) is 0 Å². The average Bonchev–Trinajstić information content (AvgIpc) is 3.27. The molecule has 1 aromatic rings. The summed E-state index contributed by atoms with van der Waals surface area (Å²) in [5, 5.41) is 0.104. The Kier molecular flexibility index (Phi) is 4.99. The summed E-state index contributed by atoms with van der Waals surface area (Å²) in [6.07, 6.45) is 5.17. The van der Waals surface area contributed by atoms with Gasteiger partial charge in [0.2, 0.25) is 0 Å². The summed E-state index contributed by atoms with van der Waals surface area (Å²) >= 11 is 5.97. The zero-order valence-corrected chi connectivity index (χ0v) is 13.2. The summed E-state index contributed by atoms with van der Waals surface area (Å²) in [5.41, 5.74) is 1.93. The van der Waals surface area contributed by atoms with E-state index in [0.717, 1.165) is 24.7 Å². The number of nitrogens with zero attached hydrogens (tertiary/aromatic N) is 1. The van der Waals surface area contributed by atoms with Gasteiger partial charge < -0.3 is 4.74 Å². The second kappa shape index (κ2) is 6.56. The van der Waals surface area contributed by atoms with Crippen LogP contribution < -0.4 is 0 Å². The minimum absolute atomic E-state index is 0.0208. The molecule has 1 atom stereocenters. The van der Waals surface area contributed by atoms with Gasteiger partial charge in [0.15, 0.2) is 5.82 Å². The van der Waals surface area contributed by atoms with Crippen LogP contribution in [0.1, 0.15) is 43.9 Å². The van der Waals surface area contributed by atoms with Crippen molar-refractivity contribution >= 4 is 17.6 Å². The normalized spacial score (nSPS) is 16.7. The lowest BCUT2D eigenvalue weighted by Gasteiger charge is -2.16. The average molecular weight is 312 g/mol. The van der Waals surface area contributed by atoms with E-state index in [4.69, 9.17) is 16.3 Å². The molecular weight excluding hydrogens is 293 g/mol. The lowest BCUT2D eigenvalue weighted by Crippen LogP contribution is -2.10. The van der Waals surface area contributed by atoms with Crippen molar-refractivity contribution in [2.75, 3.05) is 6.61 Å². The molecule has 1 fully saturated rings. The van der Waals surface area contributed by atoms with Gasteiger partial charge in [-0.1, -0.05) is 17.7 Å². The Morgan fingerprint density at radius 2 is 2.29 bits per heavy atom. The molecule has 3 nitrogen and oxygen atoms in total. The SMILES string of the molecule is CCOC(=O)C(C)=CC(c1ncc(F)c(Cl)c1C)C1CC1. The number of allylic oxidation sites excluding steroid dienone is 1. The fourth-order valence-corrected chi connectivity index (χ4v) is 2.53. The van der Waals surface area contributed by atoms with Crippen LogP contribution in [-0.2, 0) is 9.53 Å². The Morgan fingerprint density at radius 1 is 1.62 bits per heavy atom. The zero-order chi connectivity index (χ0) is 15.6. The van der Waals surface area contributed by atoms with Crippen LogP contribution in [0.2, 0.25) is 5.02 Å². The van der Waals surface area contributed by atoms with Crippen LogP contribution in [0.3, 0.4) is 0 Å². The van der Waals surface area contributed by atoms with E-state index < -0.39 is 5.82 Å². The predicted molar refractivity (Wildman–Crippen MR) is 79.8 cm³/mol. The molecule has 21 heavy (non-hydrogen) atoms. The van der Waals surface area contributed by atoms with Crippen molar-refractivity contribution in [2.24, 2.45) is 5.92 Å². The molecule has 5 heteroatoms. The molecule has 0 radical (unpaired) electrons. The topological polar surface area (TPSA) is 39.2 Å². The first-order valence-corrected chi connectivity index (χ1v) is 7.49. The smallest absolute Gasteiger partial charge is 0.333 e. The van der Waals surface area contributed by atoms with Gasteiger partial charge in [-0.3, -0.25) is 4.98 Å². The Bertz CT molecular complexity index is 582. The summed E-state index contributed by atoms with van der Waals surface area (Å²) in [4.78, 5) is 16.0. The molecule has 0 bridgehead atoms. The number of carbonyl (C=O) groups is 1. The summed E-state index contributed by atoms with van der Waals surface area (Å²) in [6.45, 7) is 5.61. The van der Waals surface area contributed by atoms with E-state index in [1.807, 2.05) is 6.08 Å². The molecule has 1 unspecified atom stereocenters. The van der Waals surface area contributed by atoms with E-state index in [-0.39, 0.29) is 16.9 Å². The fraction of sp³-hybridized carbons (Fsp3) is 0.500. The Balaban J connectivity index is 2.34. The van der Waals surface area contributed by atoms with Gasteiger partial charge >= 0.3 is 5.97 Å². The van der Waals surface area contributed by atoms with E-state index in [9.17, 15) is 9.18 Å². The van der Waals surface area contributed by atoms with E-state index >= 15 is 0 Å².